The third-order valence-corrected chi connectivity index (χ3v) is 3.96. The molecule has 1 atom stereocenters. The smallest absolute Gasteiger partial charge is 0.161 e. The molecule has 0 spiro atoms. The van der Waals surface area contributed by atoms with Gasteiger partial charge in [0.15, 0.2) is 11.5 Å². The number of alkyl halides is 1. The highest BCUT2D eigenvalue weighted by molar-refractivity contribution is 6.21. The van der Waals surface area contributed by atoms with E-state index < -0.39 is 0 Å². The summed E-state index contributed by atoms with van der Waals surface area (Å²) in [5.41, 5.74) is 1.11. The van der Waals surface area contributed by atoms with Crippen LogP contribution in [-0.4, -0.2) is 13.2 Å². The number of halogens is 1. The normalized spacial score (nSPS) is 12.5. The van der Waals surface area contributed by atoms with Crippen LogP contribution in [0.1, 0.15) is 51.5 Å². The fourth-order valence-electron chi connectivity index (χ4n) is 2.21. The van der Waals surface area contributed by atoms with Crippen LogP contribution in [0.25, 0.3) is 0 Å². The number of ether oxygens (including phenoxy) is 2. The lowest BCUT2D eigenvalue weighted by Crippen LogP contribution is -2.07. The highest BCUT2D eigenvalue weighted by Gasteiger charge is 2.19. The number of benzene rings is 1. The molecule has 0 aromatic heterocycles. The predicted molar refractivity (Wildman–Crippen MR) is 81.4 cm³/mol. The first-order valence-electron chi connectivity index (χ1n) is 7.21. The van der Waals surface area contributed by atoms with Crippen LogP contribution in [-0.2, 0) is 0 Å². The van der Waals surface area contributed by atoms with Crippen molar-refractivity contribution < 1.29 is 9.47 Å². The Hall–Kier alpha value is -0.890. The molecule has 0 aliphatic rings. The monoisotopic (exact) mass is 284 g/mol. The number of rotatable bonds is 8. The van der Waals surface area contributed by atoms with Gasteiger partial charge in [0.2, 0.25) is 0 Å². The third-order valence-electron chi connectivity index (χ3n) is 3.35. The lowest BCUT2D eigenvalue weighted by atomic mass is 9.94. The molecule has 0 amide bonds. The van der Waals surface area contributed by atoms with Gasteiger partial charge in [-0.3, -0.25) is 0 Å². The van der Waals surface area contributed by atoms with Crippen molar-refractivity contribution in [2.24, 2.45) is 5.92 Å². The number of hydrogen-bond acceptors (Lipinski definition) is 2. The van der Waals surface area contributed by atoms with E-state index in [9.17, 15) is 0 Å². The van der Waals surface area contributed by atoms with Crippen molar-refractivity contribution in [3.05, 3.63) is 23.8 Å². The Morgan fingerprint density at radius 1 is 0.947 bits per heavy atom. The molecular weight excluding hydrogens is 260 g/mol. The van der Waals surface area contributed by atoms with Gasteiger partial charge in [-0.05, 0) is 37.5 Å². The summed E-state index contributed by atoms with van der Waals surface area (Å²) in [5.74, 6) is 2.08. The minimum absolute atomic E-state index is 0.0323. The molecule has 0 N–H and O–H groups in total. The van der Waals surface area contributed by atoms with Gasteiger partial charge < -0.3 is 9.47 Å². The van der Waals surface area contributed by atoms with Crippen LogP contribution in [0.2, 0.25) is 0 Å². The quantitative estimate of drug-likeness (QED) is 0.611. The van der Waals surface area contributed by atoms with Gasteiger partial charge in [-0.1, -0.05) is 32.8 Å². The van der Waals surface area contributed by atoms with Crippen molar-refractivity contribution in [1.29, 1.82) is 0 Å². The van der Waals surface area contributed by atoms with E-state index in [-0.39, 0.29) is 5.38 Å². The molecule has 0 fully saturated rings. The fraction of sp³-hybridized carbons (Fsp3) is 0.625. The molecule has 0 aliphatic carbocycles. The van der Waals surface area contributed by atoms with Gasteiger partial charge in [0.05, 0.1) is 18.6 Å². The SMILES string of the molecule is CCOc1ccc(C(Cl)C(CC)CC)cc1OCC. The van der Waals surface area contributed by atoms with E-state index in [1.807, 2.05) is 32.0 Å². The molecule has 0 radical (unpaired) electrons. The van der Waals surface area contributed by atoms with Gasteiger partial charge in [0.1, 0.15) is 0 Å². The van der Waals surface area contributed by atoms with Gasteiger partial charge >= 0.3 is 0 Å². The van der Waals surface area contributed by atoms with Gasteiger partial charge in [-0.15, -0.1) is 11.6 Å². The van der Waals surface area contributed by atoms with Gasteiger partial charge in [-0.25, -0.2) is 0 Å². The van der Waals surface area contributed by atoms with E-state index in [4.69, 9.17) is 21.1 Å². The summed E-state index contributed by atoms with van der Waals surface area (Å²) in [6.07, 6.45) is 2.17. The summed E-state index contributed by atoms with van der Waals surface area (Å²) < 4.78 is 11.2. The maximum atomic E-state index is 6.58. The Balaban J connectivity index is 2.99. The standard InChI is InChI=1S/C16H25ClO2/c1-5-12(6-2)16(17)13-9-10-14(18-7-3)15(11-13)19-8-4/h9-12,16H,5-8H2,1-4H3. The van der Waals surface area contributed by atoms with Gasteiger partial charge in [-0.2, -0.15) is 0 Å². The highest BCUT2D eigenvalue weighted by atomic mass is 35.5. The molecule has 1 rings (SSSR count). The molecule has 0 saturated heterocycles. The lowest BCUT2D eigenvalue weighted by Gasteiger charge is -2.21. The predicted octanol–water partition coefficient (Wildman–Crippen LogP) is 5.20. The second-order valence-electron chi connectivity index (χ2n) is 4.55. The van der Waals surface area contributed by atoms with Gasteiger partial charge in [0.25, 0.3) is 0 Å². The summed E-state index contributed by atoms with van der Waals surface area (Å²) >= 11 is 6.58. The van der Waals surface area contributed by atoms with E-state index in [1.54, 1.807) is 0 Å². The minimum Gasteiger partial charge on any atom is -0.490 e. The maximum absolute atomic E-state index is 6.58. The Kier molecular flexibility index (Phi) is 7.07. The Morgan fingerprint density at radius 3 is 2.05 bits per heavy atom. The average molecular weight is 285 g/mol. The zero-order valence-corrected chi connectivity index (χ0v) is 13.2. The van der Waals surface area contributed by atoms with Crippen LogP contribution < -0.4 is 9.47 Å². The van der Waals surface area contributed by atoms with Crippen LogP contribution in [0.4, 0.5) is 0 Å². The van der Waals surface area contributed by atoms with E-state index in [2.05, 4.69) is 13.8 Å². The zero-order chi connectivity index (χ0) is 14.3. The minimum atomic E-state index is 0.0323. The summed E-state index contributed by atoms with van der Waals surface area (Å²) in [5, 5.41) is 0.0323. The second-order valence-corrected chi connectivity index (χ2v) is 5.02. The van der Waals surface area contributed by atoms with E-state index >= 15 is 0 Å². The van der Waals surface area contributed by atoms with Crippen LogP contribution in [0.3, 0.4) is 0 Å². The first kappa shape index (κ1) is 16.2. The van der Waals surface area contributed by atoms with E-state index in [0.717, 1.165) is 29.9 Å². The van der Waals surface area contributed by atoms with E-state index in [0.29, 0.717) is 19.1 Å². The summed E-state index contributed by atoms with van der Waals surface area (Å²) in [6, 6.07) is 6.02. The van der Waals surface area contributed by atoms with Crippen LogP contribution in [0.5, 0.6) is 11.5 Å². The van der Waals surface area contributed by atoms with Crippen molar-refractivity contribution >= 4 is 11.6 Å². The molecule has 0 saturated carbocycles. The third kappa shape index (κ3) is 4.31. The van der Waals surface area contributed by atoms with Crippen LogP contribution >= 0.6 is 11.6 Å². The van der Waals surface area contributed by atoms with Crippen molar-refractivity contribution in [3.63, 3.8) is 0 Å². The first-order valence-corrected chi connectivity index (χ1v) is 7.65. The van der Waals surface area contributed by atoms with Crippen molar-refractivity contribution in [2.45, 2.75) is 45.9 Å². The topological polar surface area (TPSA) is 18.5 Å². The van der Waals surface area contributed by atoms with E-state index in [1.165, 1.54) is 0 Å². The van der Waals surface area contributed by atoms with Crippen LogP contribution in [0.15, 0.2) is 18.2 Å². The van der Waals surface area contributed by atoms with Crippen molar-refractivity contribution in [1.82, 2.24) is 0 Å². The molecule has 1 unspecified atom stereocenters. The first-order chi connectivity index (χ1) is 9.17. The maximum Gasteiger partial charge on any atom is 0.161 e. The molecule has 0 heterocycles. The molecule has 3 heteroatoms. The molecule has 108 valence electrons. The Labute approximate surface area is 122 Å². The largest absolute Gasteiger partial charge is 0.490 e. The van der Waals surface area contributed by atoms with Crippen LogP contribution in [0, 0.1) is 5.92 Å². The molecule has 0 aliphatic heterocycles. The summed E-state index contributed by atoms with van der Waals surface area (Å²) in [7, 11) is 0. The summed E-state index contributed by atoms with van der Waals surface area (Å²) in [4.78, 5) is 0. The molecule has 19 heavy (non-hydrogen) atoms. The molecular formula is C16H25ClO2. The Morgan fingerprint density at radius 2 is 1.53 bits per heavy atom. The summed E-state index contributed by atoms with van der Waals surface area (Å²) in [6.45, 7) is 9.57. The molecule has 1 aromatic rings. The van der Waals surface area contributed by atoms with Crippen molar-refractivity contribution in [3.8, 4) is 11.5 Å². The zero-order valence-electron chi connectivity index (χ0n) is 12.4. The Bertz CT molecular complexity index is 375. The molecule has 0 bridgehead atoms. The number of hydrogen-bond donors (Lipinski definition) is 0. The second kappa shape index (κ2) is 8.31. The van der Waals surface area contributed by atoms with Crippen molar-refractivity contribution in [2.75, 3.05) is 13.2 Å². The molecule has 2 nitrogen and oxygen atoms in total. The lowest BCUT2D eigenvalue weighted by molar-refractivity contribution is 0.287. The highest BCUT2D eigenvalue weighted by Crippen LogP contribution is 2.38. The average Bonchev–Trinajstić information content (AvgIpc) is 2.42. The molecule has 1 aromatic carbocycles. The van der Waals surface area contributed by atoms with Gasteiger partial charge in [0, 0.05) is 0 Å². The fourth-order valence-corrected chi connectivity index (χ4v) is 2.71.